The fourth-order valence-corrected chi connectivity index (χ4v) is 1.68. The Morgan fingerprint density at radius 2 is 2.06 bits per heavy atom. The van der Waals surface area contributed by atoms with E-state index in [2.05, 4.69) is 10.4 Å². The van der Waals surface area contributed by atoms with Gasteiger partial charge in [0, 0.05) is 12.1 Å². The fourth-order valence-electron chi connectivity index (χ4n) is 1.68. The summed E-state index contributed by atoms with van der Waals surface area (Å²) in [7, 11) is 0. The molecule has 5 heteroatoms. The first-order valence-electron chi connectivity index (χ1n) is 5.71. The quantitative estimate of drug-likeness (QED) is 0.906. The van der Waals surface area contributed by atoms with E-state index in [1.54, 1.807) is 10.9 Å². The molecule has 0 atom stereocenters. The summed E-state index contributed by atoms with van der Waals surface area (Å²) in [6, 6.07) is 5.42. The molecule has 18 heavy (non-hydrogen) atoms. The van der Waals surface area contributed by atoms with E-state index >= 15 is 0 Å². The Balaban J connectivity index is 2.16. The van der Waals surface area contributed by atoms with Crippen LogP contribution in [-0.2, 0) is 6.54 Å². The standard InChI is InChI=1S/C13H14FN3O/c1-3-17-9(2)12(8-15-17)16-13(18)10-4-6-11(14)7-5-10/h4-8H,3H2,1-2H3,(H,16,18). The monoisotopic (exact) mass is 247 g/mol. The van der Waals surface area contributed by atoms with Crippen LogP contribution in [0.1, 0.15) is 23.0 Å². The van der Waals surface area contributed by atoms with Crippen molar-refractivity contribution in [2.24, 2.45) is 0 Å². The van der Waals surface area contributed by atoms with Crippen molar-refractivity contribution >= 4 is 11.6 Å². The highest BCUT2D eigenvalue weighted by Crippen LogP contribution is 2.15. The normalized spacial score (nSPS) is 10.4. The van der Waals surface area contributed by atoms with Crippen molar-refractivity contribution in [1.82, 2.24) is 9.78 Å². The van der Waals surface area contributed by atoms with Crippen molar-refractivity contribution in [3.8, 4) is 0 Å². The molecule has 1 amide bonds. The van der Waals surface area contributed by atoms with Gasteiger partial charge in [-0.05, 0) is 38.1 Å². The van der Waals surface area contributed by atoms with Crippen molar-refractivity contribution in [2.45, 2.75) is 20.4 Å². The molecule has 2 rings (SSSR count). The second kappa shape index (κ2) is 5.00. The molecule has 0 spiro atoms. The van der Waals surface area contributed by atoms with Gasteiger partial charge < -0.3 is 5.32 Å². The van der Waals surface area contributed by atoms with Crippen LogP contribution in [0.5, 0.6) is 0 Å². The van der Waals surface area contributed by atoms with Gasteiger partial charge in [-0.25, -0.2) is 4.39 Å². The van der Waals surface area contributed by atoms with Gasteiger partial charge >= 0.3 is 0 Å². The lowest BCUT2D eigenvalue weighted by Gasteiger charge is -2.05. The molecule has 0 radical (unpaired) electrons. The lowest BCUT2D eigenvalue weighted by Crippen LogP contribution is -2.12. The largest absolute Gasteiger partial charge is 0.319 e. The van der Waals surface area contributed by atoms with Crippen LogP contribution in [0.25, 0.3) is 0 Å². The summed E-state index contributed by atoms with van der Waals surface area (Å²) in [5, 5.41) is 6.89. The average Bonchev–Trinajstić information content (AvgIpc) is 2.71. The average molecular weight is 247 g/mol. The van der Waals surface area contributed by atoms with Crippen LogP contribution in [0, 0.1) is 12.7 Å². The van der Waals surface area contributed by atoms with Gasteiger partial charge in [0.25, 0.3) is 5.91 Å². The highest BCUT2D eigenvalue weighted by Gasteiger charge is 2.10. The summed E-state index contributed by atoms with van der Waals surface area (Å²) in [5.41, 5.74) is 1.99. The molecule has 1 N–H and O–H groups in total. The van der Waals surface area contributed by atoms with Crippen LogP contribution >= 0.6 is 0 Å². The number of nitrogens with one attached hydrogen (secondary N) is 1. The van der Waals surface area contributed by atoms with E-state index < -0.39 is 0 Å². The van der Waals surface area contributed by atoms with Crippen LogP contribution in [0.3, 0.4) is 0 Å². The van der Waals surface area contributed by atoms with Gasteiger partial charge in [0.2, 0.25) is 0 Å². The summed E-state index contributed by atoms with van der Waals surface area (Å²) in [4.78, 5) is 11.9. The number of anilines is 1. The number of aryl methyl sites for hydroxylation is 1. The first-order valence-corrected chi connectivity index (χ1v) is 5.71. The third-order valence-corrected chi connectivity index (χ3v) is 2.76. The minimum Gasteiger partial charge on any atom is -0.319 e. The number of hydrogen-bond donors (Lipinski definition) is 1. The minimum absolute atomic E-state index is 0.270. The van der Waals surface area contributed by atoms with Gasteiger partial charge in [0.15, 0.2) is 0 Å². The molecule has 2 aromatic rings. The van der Waals surface area contributed by atoms with Crippen molar-refractivity contribution in [3.63, 3.8) is 0 Å². The van der Waals surface area contributed by atoms with Gasteiger partial charge in [-0.3, -0.25) is 9.48 Å². The number of carbonyl (C=O) groups is 1. The number of benzene rings is 1. The number of amides is 1. The second-order valence-corrected chi connectivity index (χ2v) is 3.92. The minimum atomic E-state index is -0.360. The van der Waals surface area contributed by atoms with Crippen molar-refractivity contribution in [1.29, 1.82) is 0 Å². The molecule has 0 bridgehead atoms. The summed E-state index contributed by atoms with van der Waals surface area (Å²) >= 11 is 0. The van der Waals surface area contributed by atoms with Crippen LogP contribution in [0.4, 0.5) is 10.1 Å². The van der Waals surface area contributed by atoms with Gasteiger partial charge in [-0.2, -0.15) is 5.10 Å². The Hall–Kier alpha value is -2.17. The summed E-state index contributed by atoms with van der Waals surface area (Å²) in [5.74, 6) is -0.629. The Bertz CT molecular complexity index is 560. The molecule has 0 unspecified atom stereocenters. The maximum Gasteiger partial charge on any atom is 0.255 e. The molecule has 94 valence electrons. The fraction of sp³-hybridized carbons (Fsp3) is 0.231. The zero-order valence-corrected chi connectivity index (χ0v) is 10.3. The number of nitrogens with zero attached hydrogens (tertiary/aromatic N) is 2. The van der Waals surface area contributed by atoms with E-state index in [1.807, 2.05) is 13.8 Å². The smallest absolute Gasteiger partial charge is 0.255 e. The molecule has 0 aliphatic carbocycles. The molecule has 0 saturated carbocycles. The molecule has 0 aliphatic heterocycles. The molecule has 1 heterocycles. The highest BCUT2D eigenvalue weighted by atomic mass is 19.1. The van der Waals surface area contributed by atoms with Gasteiger partial charge in [-0.1, -0.05) is 0 Å². The van der Waals surface area contributed by atoms with Crippen LogP contribution in [0.15, 0.2) is 30.5 Å². The second-order valence-electron chi connectivity index (χ2n) is 3.92. The zero-order valence-electron chi connectivity index (χ0n) is 10.3. The maximum absolute atomic E-state index is 12.7. The number of rotatable bonds is 3. The van der Waals surface area contributed by atoms with E-state index in [4.69, 9.17) is 0 Å². The first-order chi connectivity index (χ1) is 8.61. The van der Waals surface area contributed by atoms with Crippen LogP contribution in [0.2, 0.25) is 0 Å². The molecule has 4 nitrogen and oxygen atoms in total. The Morgan fingerprint density at radius 3 is 2.61 bits per heavy atom. The summed E-state index contributed by atoms with van der Waals surface area (Å²) < 4.78 is 14.5. The van der Waals surface area contributed by atoms with E-state index in [0.29, 0.717) is 11.3 Å². The Labute approximate surface area is 104 Å². The molecular formula is C13H14FN3O. The lowest BCUT2D eigenvalue weighted by atomic mass is 10.2. The van der Waals surface area contributed by atoms with Crippen molar-refractivity contribution < 1.29 is 9.18 Å². The summed E-state index contributed by atoms with van der Waals surface area (Å²) in [6.45, 7) is 4.61. The Kier molecular flexibility index (Phi) is 3.41. The van der Waals surface area contributed by atoms with Gasteiger partial charge in [0.1, 0.15) is 5.82 Å². The zero-order chi connectivity index (χ0) is 13.1. The topological polar surface area (TPSA) is 46.9 Å². The van der Waals surface area contributed by atoms with Crippen molar-refractivity contribution in [2.75, 3.05) is 5.32 Å². The third kappa shape index (κ3) is 2.40. The molecule has 0 saturated heterocycles. The SMILES string of the molecule is CCn1ncc(NC(=O)c2ccc(F)cc2)c1C. The molecule has 0 fully saturated rings. The first kappa shape index (κ1) is 12.3. The predicted octanol–water partition coefficient (Wildman–Crippen LogP) is 2.60. The molecule has 1 aromatic carbocycles. The van der Waals surface area contributed by atoms with Crippen LogP contribution < -0.4 is 5.32 Å². The molecular weight excluding hydrogens is 233 g/mol. The van der Waals surface area contributed by atoms with Gasteiger partial charge in [-0.15, -0.1) is 0 Å². The Morgan fingerprint density at radius 1 is 1.39 bits per heavy atom. The number of halogens is 1. The van der Waals surface area contributed by atoms with Gasteiger partial charge in [0.05, 0.1) is 17.6 Å². The van der Waals surface area contributed by atoms with E-state index in [9.17, 15) is 9.18 Å². The molecule has 0 aliphatic rings. The lowest BCUT2D eigenvalue weighted by molar-refractivity contribution is 0.102. The van der Waals surface area contributed by atoms with E-state index in [0.717, 1.165) is 12.2 Å². The number of carbonyl (C=O) groups excluding carboxylic acids is 1. The van der Waals surface area contributed by atoms with Crippen LogP contribution in [-0.4, -0.2) is 15.7 Å². The maximum atomic E-state index is 12.7. The van der Waals surface area contributed by atoms with E-state index in [-0.39, 0.29) is 11.7 Å². The number of hydrogen-bond acceptors (Lipinski definition) is 2. The predicted molar refractivity (Wildman–Crippen MR) is 67.0 cm³/mol. The highest BCUT2D eigenvalue weighted by molar-refractivity contribution is 6.04. The van der Waals surface area contributed by atoms with Crippen molar-refractivity contribution in [3.05, 3.63) is 47.5 Å². The number of aromatic nitrogens is 2. The third-order valence-electron chi connectivity index (χ3n) is 2.76. The van der Waals surface area contributed by atoms with E-state index in [1.165, 1.54) is 24.3 Å². The molecule has 1 aromatic heterocycles. The summed E-state index contributed by atoms with van der Waals surface area (Å²) in [6.07, 6.45) is 1.61.